The second-order valence-electron chi connectivity index (χ2n) is 5.44. The number of amides is 1. The molecule has 2 aromatic carbocycles. The normalized spacial score (nSPS) is 12.4. The molecular weight excluding hydrogens is 349 g/mol. The third-order valence-electron chi connectivity index (χ3n) is 3.49. The van der Waals surface area contributed by atoms with Crippen LogP contribution in [0, 0.1) is 5.82 Å². The molecular formula is C17H16FNO5S. The fraction of sp³-hybridized carbons (Fsp3) is 0.176. The maximum atomic E-state index is 13.1. The summed E-state index contributed by atoms with van der Waals surface area (Å²) in [6.07, 6.45) is 0.548. The Balaban J connectivity index is 2.35. The van der Waals surface area contributed by atoms with E-state index in [1.54, 1.807) is 0 Å². The number of carboxylic acids is 1. The standard InChI is InChI=1S/C17H16FNO5S/c1-25(23,24)15-5-3-2-4-13(15)17(22)19-14(10-16(20)21)11-6-8-12(18)9-7-11/h2-9,14H,10H2,1H3,(H,19,22)(H,20,21). The van der Waals surface area contributed by atoms with Crippen molar-refractivity contribution in [1.29, 1.82) is 0 Å². The number of carboxylic acid groups (broad SMARTS) is 1. The van der Waals surface area contributed by atoms with Crippen LogP contribution in [0.15, 0.2) is 53.4 Å². The molecule has 25 heavy (non-hydrogen) atoms. The summed E-state index contributed by atoms with van der Waals surface area (Å²) in [5, 5.41) is 11.6. The summed E-state index contributed by atoms with van der Waals surface area (Å²) >= 11 is 0. The van der Waals surface area contributed by atoms with E-state index in [2.05, 4.69) is 5.32 Å². The lowest BCUT2D eigenvalue weighted by Gasteiger charge is -2.18. The van der Waals surface area contributed by atoms with Crippen LogP contribution in [0.4, 0.5) is 4.39 Å². The number of hydrogen-bond acceptors (Lipinski definition) is 4. The van der Waals surface area contributed by atoms with E-state index in [1.165, 1.54) is 36.4 Å². The molecule has 0 saturated carbocycles. The van der Waals surface area contributed by atoms with E-state index < -0.39 is 40.0 Å². The molecule has 1 atom stereocenters. The molecule has 0 aliphatic rings. The monoisotopic (exact) mass is 365 g/mol. The van der Waals surface area contributed by atoms with Gasteiger partial charge in [-0.05, 0) is 29.8 Å². The topological polar surface area (TPSA) is 101 Å². The van der Waals surface area contributed by atoms with Crippen molar-refractivity contribution < 1.29 is 27.5 Å². The smallest absolute Gasteiger partial charge is 0.305 e. The Morgan fingerprint density at radius 3 is 2.28 bits per heavy atom. The SMILES string of the molecule is CS(=O)(=O)c1ccccc1C(=O)NC(CC(=O)O)c1ccc(F)cc1. The second-order valence-corrected chi connectivity index (χ2v) is 7.43. The molecule has 0 aliphatic heterocycles. The van der Waals surface area contributed by atoms with E-state index in [-0.39, 0.29) is 10.5 Å². The lowest BCUT2D eigenvalue weighted by atomic mass is 10.0. The maximum Gasteiger partial charge on any atom is 0.305 e. The number of benzene rings is 2. The molecule has 0 saturated heterocycles. The van der Waals surface area contributed by atoms with E-state index in [0.29, 0.717) is 5.56 Å². The van der Waals surface area contributed by atoms with E-state index in [4.69, 9.17) is 5.11 Å². The van der Waals surface area contributed by atoms with Gasteiger partial charge in [-0.3, -0.25) is 9.59 Å². The van der Waals surface area contributed by atoms with Gasteiger partial charge < -0.3 is 10.4 Å². The lowest BCUT2D eigenvalue weighted by Crippen LogP contribution is -2.31. The highest BCUT2D eigenvalue weighted by atomic mass is 32.2. The van der Waals surface area contributed by atoms with Gasteiger partial charge >= 0.3 is 5.97 Å². The molecule has 132 valence electrons. The zero-order valence-electron chi connectivity index (χ0n) is 13.3. The quantitative estimate of drug-likeness (QED) is 0.817. The van der Waals surface area contributed by atoms with Crippen LogP contribution >= 0.6 is 0 Å². The molecule has 1 unspecified atom stereocenters. The summed E-state index contributed by atoms with van der Waals surface area (Å²) in [5.41, 5.74) is 0.316. The number of carbonyl (C=O) groups excluding carboxylic acids is 1. The summed E-state index contributed by atoms with van der Waals surface area (Å²) in [5.74, 6) is -2.38. The van der Waals surface area contributed by atoms with Crippen LogP contribution in [-0.4, -0.2) is 31.7 Å². The predicted molar refractivity (Wildman–Crippen MR) is 88.4 cm³/mol. The van der Waals surface area contributed by atoms with Gasteiger partial charge in [0.15, 0.2) is 9.84 Å². The summed E-state index contributed by atoms with van der Waals surface area (Å²) in [4.78, 5) is 23.4. The molecule has 0 aromatic heterocycles. The van der Waals surface area contributed by atoms with Crippen LogP contribution in [0.2, 0.25) is 0 Å². The predicted octanol–water partition coefficient (Wildman–Crippen LogP) is 2.18. The zero-order chi connectivity index (χ0) is 18.6. The first kappa shape index (κ1) is 18.6. The zero-order valence-corrected chi connectivity index (χ0v) is 14.1. The van der Waals surface area contributed by atoms with Gasteiger partial charge in [0, 0.05) is 6.26 Å². The van der Waals surface area contributed by atoms with Gasteiger partial charge in [-0.15, -0.1) is 0 Å². The first-order chi connectivity index (χ1) is 11.7. The molecule has 0 heterocycles. The highest BCUT2D eigenvalue weighted by Gasteiger charge is 2.23. The molecule has 0 bridgehead atoms. The van der Waals surface area contributed by atoms with Crippen molar-refractivity contribution >= 4 is 21.7 Å². The highest BCUT2D eigenvalue weighted by Crippen LogP contribution is 2.20. The van der Waals surface area contributed by atoms with Crippen LogP contribution in [0.3, 0.4) is 0 Å². The third-order valence-corrected chi connectivity index (χ3v) is 4.64. The first-order valence-electron chi connectivity index (χ1n) is 7.25. The number of aliphatic carboxylic acids is 1. The van der Waals surface area contributed by atoms with Gasteiger partial charge in [-0.2, -0.15) is 0 Å². The highest BCUT2D eigenvalue weighted by molar-refractivity contribution is 7.90. The molecule has 0 spiro atoms. The lowest BCUT2D eigenvalue weighted by molar-refractivity contribution is -0.137. The Kier molecular flexibility index (Phi) is 5.53. The van der Waals surface area contributed by atoms with Crippen LogP contribution in [0.1, 0.15) is 28.4 Å². The average Bonchev–Trinajstić information content (AvgIpc) is 2.53. The first-order valence-corrected chi connectivity index (χ1v) is 9.15. The molecule has 6 nitrogen and oxygen atoms in total. The molecule has 1 amide bonds. The molecule has 2 aromatic rings. The van der Waals surface area contributed by atoms with Crippen LogP contribution in [0.5, 0.6) is 0 Å². The van der Waals surface area contributed by atoms with E-state index >= 15 is 0 Å². The Labute approximate surface area is 144 Å². The van der Waals surface area contributed by atoms with Crippen LogP contribution in [0.25, 0.3) is 0 Å². The van der Waals surface area contributed by atoms with Gasteiger partial charge in [0.25, 0.3) is 5.91 Å². The summed E-state index contributed by atoms with van der Waals surface area (Å²) in [6, 6.07) is 9.75. The van der Waals surface area contributed by atoms with Crippen LogP contribution < -0.4 is 5.32 Å². The van der Waals surface area contributed by atoms with Gasteiger partial charge in [-0.1, -0.05) is 24.3 Å². The second kappa shape index (κ2) is 7.43. The van der Waals surface area contributed by atoms with Gasteiger partial charge in [0.1, 0.15) is 5.82 Å². The Morgan fingerprint density at radius 1 is 1.12 bits per heavy atom. The minimum Gasteiger partial charge on any atom is -0.481 e. The Bertz CT molecular complexity index is 894. The van der Waals surface area contributed by atoms with Crippen molar-refractivity contribution in [2.75, 3.05) is 6.26 Å². The molecule has 2 rings (SSSR count). The van der Waals surface area contributed by atoms with Crippen molar-refractivity contribution in [2.45, 2.75) is 17.4 Å². The number of carbonyl (C=O) groups is 2. The van der Waals surface area contributed by atoms with Crippen LogP contribution in [-0.2, 0) is 14.6 Å². The summed E-state index contributed by atoms with van der Waals surface area (Å²) in [7, 11) is -3.63. The Morgan fingerprint density at radius 2 is 1.72 bits per heavy atom. The molecule has 8 heteroatoms. The van der Waals surface area contributed by atoms with Gasteiger partial charge in [-0.25, -0.2) is 12.8 Å². The van der Waals surface area contributed by atoms with Gasteiger partial charge in [0.05, 0.1) is 22.9 Å². The fourth-order valence-corrected chi connectivity index (χ4v) is 3.22. The fourth-order valence-electron chi connectivity index (χ4n) is 2.34. The number of nitrogens with one attached hydrogen (secondary N) is 1. The average molecular weight is 365 g/mol. The van der Waals surface area contributed by atoms with Crippen molar-refractivity contribution in [2.24, 2.45) is 0 Å². The summed E-state index contributed by atoms with van der Waals surface area (Å²) in [6.45, 7) is 0. The van der Waals surface area contributed by atoms with Crippen molar-refractivity contribution in [3.63, 3.8) is 0 Å². The van der Waals surface area contributed by atoms with Gasteiger partial charge in [0.2, 0.25) is 0 Å². The number of rotatable bonds is 6. The minimum absolute atomic E-state index is 0.0810. The molecule has 0 aliphatic carbocycles. The number of sulfone groups is 1. The third kappa shape index (κ3) is 4.87. The van der Waals surface area contributed by atoms with Crippen molar-refractivity contribution in [3.05, 3.63) is 65.5 Å². The van der Waals surface area contributed by atoms with Crippen molar-refractivity contribution in [1.82, 2.24) is 5.32 Å². The maximum absolute atomic E-state index is 13.1. The van der Waals surface area contributed by atoms with Crippen molar-refractivity contribution in [3.8, 4) is 0 Å². The van der Waals surface area contributed by atoms with E-state index in [0.717, 1.165) is 18.4 Å². The largest absolute Gasteiger partial charge is 0.481 e. The number of hydrogen-bond donors (Lipinski definition) is 2. The van der Waals surface area contributed by atoms with E-state index in [1.807, 2.05) is 0 Å². The summed E-state index contributed by atoms with van der Waals surface area (Å²) < 4.78 is 36.7. The minimum atomic E-state index is -3.63. The Hall–Kier alpha value is -2.74. The molecule has 0 fully saturated rings. The number of halogens is 1. The molecule has 0 radical (unpaired) electrons. The van der Waals surface area contributed by atoms with E-state index in [9.17, 15) is 22.4 Å². The molecule has 2 N–H and O–H groups in total.